The van der Waals surface area contributed by atoms with E-state index >= 15 is 0 Å². The van der Waals surface area contributed by atoms with Crippen LogP contribution in [0.1, 0.15) is 50.6 Å². The van der Waals surface area contributed by atoms with Crippen LogP contribution < -0.4 is 5.32 Å². The van der Waals surface area contributed by atoms with Crippen molar-refractivity contribution in [3.8, 4) is 34.2 Å². The molecule has 0 bridgehead atoms. The second-order valence-electron chi connectivity index (χ2n) is 9.84. The molecule has 0 atom stereocenters. The zero-order valence-electron chi connectivity index (χ0n) is 23.6. The van der Waals surface area contributed by atoms with Crippen molar-refractivity contribution in [2.24, 2.45) is 0 Å². The standard InChI is InChI=1S/C28H20F6N8O5/c1-2-35-24(43)13-7-20(22-11-41(39-37-22)18-5-14(25(44)45)3-16(9-18)27(29,30)31)36-21(8-13)23-12-42(40-38-23)19-6-15(26(46)47)4-17(10-19)28(32,33)34/h3-12,25,44-45H,2H2,1H3,(H,35,43)(H,46,47). The summed E-state index contributed by atoms with van der Waals surface area (Å²) < 4.78 is 82.6. The third-order valence-corrected chi connectivity index (χ3v) is 6.52. The number of alkyl halides is 6. The minimum atomic E-state index is -4.87. The van der Waals surface area contributed by atoms with Crippen LogP contribution in [0.5, 0.6) is 0 Å². The van der Waals surface area contributed by atoms with Crippen LogP contribution in [0.25, 0.3) is 34.2 Å². The number of aliphatic hydroxyl groups is 2. The molecule has 13 nitrogen and oxygen atoms in total. The van der Waals surface area contributed by atoms with Gasteiger partial charge in [-0.25, -0.2) is 19.1 Å². The molecule has 0 aliphatic rings. The molecule has 3 aromatic heterocycles. The molecule has 0 aliphatic heterocycles. The third kappa shape index (κ3) is 7.10. The van der Waals surface area contributed by atoms with E-state index in [1.165, 1.54) is 18.3 Å². The maximum Gasteiger partial charge on any atom is 0.416 e. The Morgan fingerprint density at radius 3 is 1.72 bits per heavy atom. The van der Waals surface area contributed by atoms with Gasteiger partial charge in [0.1, 0.15) is 11.4 Å². The summed E-state index contributed by atoms with van der Waals surface area (Å²) in [6.45, 7) is 1.89. The molecule has 0 fully saturated rings. The van der Waals surface area contributed by atoms with Crippen molar-refractivity contribution >= 4 is 11.9 Å². The van der Waals surface area contributed by atoms with Gasteiger partial charge in [0.2, 0.25) is 0 Å². The Bertz CT molecular complexity index is 1990. The van der Waals surface area contributed by atoms with E-state index in [-0.39, 0.29) is 46.3 Å². The van der Waals surface area contributed by atoms with Crippen LogP contribution in [-0.2, 0) is 12.4 Å². The lowest BCUT2D eigenvalue weighted by Crippen LogP contribution is -2.22. The maximum absolute atomic E-state index is 13.5. The highest BCUT2D eigenvalue weighted by atomic mass is 19.4. The van der Waals surface area contributed by atoms with E-state index in [2.05, 4.69) is 30.9 Å². The third-order valence-electron chi connectivity index (χ3n) is 6.52. The first kappa shape index (κ1) is 32.7. The Hall–Kier alpha value is -5.69. The summed E-state index contributed by atoms with van der Waals surface area (Å²) in [5.41, 5.74) is -4.20. The van der Waals surface area contributed by atoms with Gasteiger partial charge in [-0.15, -0.1) is 10.2 Å². The molecule has 5 aromatic rings. The topological polar surface area (TPSA) is 181 Å². The van der Waals surface area contributed by atoms with Crippen LogP contribution in [0, 0.1) is 0 Å². The van der Waals surface area contributed by atoms with E-state index in [0.717, 1.165) is 27.7 Å². The van der Waals surface area contributed by atoms with Gasteiger partial charge in [0.15, 0.2) is 6.29 Å². The number of carboxylic acid groups (broad SMARTS) is 1. The smallest absolute Gasteiger partial charge is 0.416 e. The summed E-state index contributed by atoms with van der Waals surface area (Å²) in [6, 6.07) is 6.99. The summed E-state index contributed by atoms with van der Waals surface area (Å²) in [5.74, 6) is -2.18. The average molecular weight is 663 g/mol. The molecule has 0 spiro atoms. The predicted octanol–water partition coefficient (Wildman–Crippen LogP) is 4.05. The number of carbonyl (C=O) groups excluding carboxylic acids is 1. The molecule has 5 rings (SSSR count). The van der Waals surface area contributed by atoms with Gasteiger partial charge in [-0.05, 0) is 55.5 Å². The minimum Gasteiger partial charge on any atom is -0.478 e. The van der Waals surface area contributed by atoms with Crippen LogP contribution in [0.4, 0.5) is 26.3 Å². The summed E-state index contributed by atoms with van der Waals surface area (Å²) in [6.07, 6.45) is -9.61. The van der Waals surface area contributed by atoms with Gasteiger partial charge in [-0.2, -0.15) is 26.3 Å². The number of pyridine rings is 1. The largest absolute Gasteiger partial charge is 0.478 e. The summed E-state index contributed by atoms with van der Waals surface area (Å²) in [4.78, 5) is 28.7. The molecule has 0 unspecified atom stereocenters. The van der Waals surface area contributed by atoms with Gasteiger partial charge in [0.25, 0.3) is 5.91 Å². The molecule has 0 radical (unpaired) electrons. The Kier molecular flexibility index (Phi) is 8.52. The Morgan fingerprint density at radius 1 is 0.745 bits per heavy atom. The van der Waals surface area contributed by atoms with Crippen molar-refractivity contribution in [1.82, 2.24) is 40.3 Å². The Labute approximate surface area is 258 Å². The van der Waals surface area contributed by atoms with Crippen LogP contribution in [0.15, 0.2) is 60.9 Å². The Balaban J connectivity index is 1.58. The fourth-order valence-electron chi connectivity index (χ4n) is 4.31. The van der Waals surface area contributed by atoms with Crippen LogP contribution in [-0.4, -0.2) is 68.7 Å². The first-order valence-electron chi connectivity index (χ1n) is 13.2. The molecule has 0 aliphatic carbocycles. The van der Waals surface area contributed by atoms with Gasteiger partial charge >= 0.3 is 18.3 Å². The van der Waals surface area contributed by atoms with E-state index < -0.39 is 52.8 Å². The van der Waals surface area contributed by atoms with Crippen molar-refractivity contribution in [2.75, 3.05) is 6.54 Å². The number of hydrogen-bond donors (Lipinski definition) is 4. The number of rotatable bonds is 8. The fraction of sp³-hybridized carbons (Fsp3) is 0.179. The van der Waals surface area contributed by atoms with Crippen molar-refractivity contribution < 1.29 is 51.3 Å². The number of aliphatic hydroxyl groups excluding tert-OH is 1. The van der Waals surface area contributed by atoms with Crippen molar-refractivity contribution in [3.63, 3.8) is 0 Å². The predicted molar refractivity (Wildman–Crippen MR) is 147 cm³/mol. The van der Waals surface area contributed by atoms with Crippen molar-refractivity contribution in [2.45, 2.75) is 25.6 Å². The second kappa shape index (κ2) is 12.2. The average Bonchev–Trinajstić information content (AvgIpc) is 3.71. The number of halogens is 6. The highest BCUT2D eigenvalue weighted by Gasteiger charge is 2.33. The first-order chi connectivity index (χ1) is 22.0. The maximum atomic E-state index is 13.5. The highest BCUT2D eigenvalue weighted by molar-refractivity contribution is 5.96. The monoisotopic (exact) mass is 662 g/mol. The normalized spacial score (nSPS) is 12.0. The number of nitrogens with one attached hydrogen (secondary N) is 1. The summed E-state index contributed by atoms with van der Waals surface area (Å²) in [7, 11) is 0. The van der Waals surface area contributed by atoms with Gasteiger partial charge < -0.3 is 20.6 Å². The molecule has 19 heteroatoms. The fourth-order valence-corrected chi connectivity index (χ4v) is 4.31. The lowest BCUT2D eigenvalue weighted by molar-refractivity contribution is -0.138. The quantitative estimate of drug-likeness (QED) is 0.140. The number of benzene rings is 2. The van der Waals surface area contributed by atoms with E-state index in [1.807, 2.05) is 0 Å². The van der Waals surface area contributed by atoms with E-state index in [4.69, 9.17) is 0 Å². The zero-order chi connectivity index (χ0) is 34.3. The molecule has 1 amide bonds. The molecule has 47 heavy (non-hydrogen) atoms. The van der Waals surface area contributed by atoms with E-state index in [0.29, 0.717) is 24.3 Å². The number of aromatic nitrogens is 7. The number of carboxylic acids is 1. The Morgan fingerprint density at radius 2 is 1.26 bits per heavy atom. The molecule has 244 valence electrons. The molecule has 4 N–H and O–H groups in total. The number of aromatic carboxylic acids is 1. The number of amides is 1. The number of carbonyl (C=O) groups is 2. The SMILES string of the molecule is CCNC(=O)c1cc(-c2cn(-c3cc(C(=O)O)cc(C(F)(F)F)c3)nn2)nc(-c2cn(-c3cc(C(O)O)cc(C(F)(F)F)c3)nn2)c1. The lowest BCUT2D eigenvalue weighted by atomic mass is 10.1. The van der Waals surface area contributed by atoms with Gasteiger partial charge in [0.05, 0.1) is 51.8 Å². The van der Waals surface area contributed by atoms with Gasteiger partial charge in [-0.1, -0.05) is 10.4 Å². The summed E-state index contributed by atoms with van der Waals surface area (Å²) >= 11 is 0. The van der Waals surface area contributed by atoms with Crippen LogP contribution >= 0.6 is 0 Å². The van der Waals surface area contributed by atoms with E-state index in [9.17, 15) is 51.3 Å². The minimum absolute atomic E-state index is 0.0212. The molecule has 0 saturated heterocycles. The van der Waals surface area contributed by atoms with Crippen molar-refractivity contribution in [1.29, 1.82) is 0 Å². The molecular weight excluding hydrogens is 642 g/mol. The lowest BCUT2D eigenvalue weighted by Gasteiger charge is -2.13. The highest BCUT2D eigenvalue weighted by Crippen LogP contribution is 2.34. The zero-order valence-corrected chi connectivity index (χ0v) is 23.6. The van der Waals surface area contributed by atoms with Gasteiger partial charge in [-0.3, -0.25) is 4.79 Å². The molecule has 2 aromatic carbocycles. The second-order valence-corrected chi connectivity index (χ2v) is 9.84. The van der Waals surface area contributed by atoms with Crippen LogP contribution in [0.3, 0.4) is 0 Å². The first-order valence-corrected chi connectivity index (χ1v) is 13.2. The molecule has 0 saturated carbocycles. The summed E-state index contributed by atoms with van der Waals surface area (Å²) in [5, 5.41) is 46.4. The molecular formula is C28H20F6N8O5. The number of hydrogen-bond acceptors (Lipinski definition) is 9. The van der Waals surface area contributed by atoms with Gasteiger partial charge in [0, 0.05) is 17.7 Å². The number of nitrogens with zero attached hydrogens (tertiary/aromatic N) is 7. The molecule has 3 heterocycles. The van der Waals surface area contributed by atoms with Crippen LogP contribution in [0.2, 0.25) is 0 Å². The van der Waals surface area contributed by atoms with Crippen molar-refractivity contribution in [3.05, 3.63) is 88.7 Å². The van der Waals surface area contributed by atoms with E-state index in [1.54, 1.807) is 6.92 Å².